The Morgan fingerprint density at radius 1 is 1.20 bits per heavy atom. The summed E-state index contributed by atoms with van der Waals surface area (Å²) in [6, 6.07) is 11.9. The maximum atomic E-state index is 13.5. The van der Waals surface area contributed by atoms with Gasteiger partial charge in [-0.2, -0.15) is 0 Å². The first-order chi connectivity index (χ1) is 9.50. The minimum Gasteiger partial charge on any atom is -0.322 e. The molecule has 1 atom stereocenters. The molecule has 104 valence electrons. The van der Waals surface area contributed by atoms with E-state index in [-0.39, 0.29) is 20.8 Å². The fourth-order valence-corrected chi connectivity index (χ4v) is 2.67. The van der Waals surface area contributed by atoms with Gasteiger partial charge >= 0.3 is 0 Å². The molecular weight excluding hydrogens is 389 g/mol. The lowest BCUT2D eigenvalue weighted by Crippen LogP contribution is -2.14. The van der Waals surface area contributed by atoms with Crippen LogP contribution in [0.3, 0.4) is 0 Å². The van der Waals surface area contributed by atoms with Crippen LogP contribution in [0, 0.1) is 5.82 Å². The topological polar surface area (TPSA) is 29.1 Å². The largest absolute Gasteiger partial charge is 0.322 e. The first-order valence-corrected chi connectivity index (χ1v) is 7.70. The zero-order valence-electron chi connectivity index (χ0n) is 10.7. The Balaban J connectivity index is 2.31. The summed E-state index contributed by atoms with van der Waals surface area (Å²) in [6.07, 6.45) is 0. The Morgan fingerprint density at radius 2 is 1.90 bits per heavy atom. The van der Waals surface area contributed by atoms with Crippen molar-refractivity contribution in [3.05, 3.63) is 63.9 Å². The molecule has 2 aromatic carbocycles. The lowest BCUT2D eigenvalue weighted by molar-refractivity contribution is 0.102. The molecule has 0 bridgehead atoms. The molecule has 0 aliphatic heterocycles. The fraction of sp³-hybridized carbons (Fsp3) is 0.133. The predicted molar refractivity (Wildman–Crippen MR) is 85.8 cm³/mol. The summed E-state index contributed by atoms with van der Waals surface area (Å²) in [7, 11) is 0. The normalized spacial score (nSPS) is 12.0. The Labute approximate surface area is 133 Å². The molecule has 0 fully saturated rings. The second-order valence-electron chi connectivity index (χ2n) is 4.26. The minimum absolute atomic E-state index is 0.106. The molecule has 5 heteroatoms. The van der Waals surface area contributed by atoms with Crippen LogP contribution in [0.2, 0.25) is 0 Å². The number of anilines is 1. The summed E-state index contributed by atoms with van der Waals surface area (Å²) in [5.41, 5.74) is 1.94. The van der Waals surface area contributed by atoms with Crippen molar-refractivity contribution >= 4 is 43.5 Å². The maximum Gasteiger partial charge on any atom is 0.256 e. The molecule has 1 N–H and O–H groups in total. The van der Waals surface area contributed by atoms with Gasteiger partial charge in [-0.05, 0) is 46.6 Å². The van der Waals surface area contributed by atoms with E-state index in [1.54, 1.807) is 6.07 Å². The standard InChI is InChI=1S/C15H12Br2FNO/c1-9(16)10-5-2-3-8-13(10)19-15(20)11-6-4-7-12(18)14(11)17/h2-9H,1H3,(H,19,20). The zero-order valence-corrected chi connectivity index (χ0v) is 13.8. The molecule has 20 heavy (non-hydrogen) atoms. The van der Waals surface area contributed by atoms with E-state index in [9.17, 15) is 9.18 Å². The van der Waals surface area contributed by atoms with Crippen LogP contribution < -0.4 is 5.32 Å². The number of hydrogen-bond acceptors (Lipinski definition) is 1. The molecule has 0 aromatic heterocycles. The number of alkyl halides is 1. The van der Waals surface area contributed by atoms with Gasteiger partial charge in [-0.1, -0.05) is 40.2 Å². The van der Waals surface area contributed by atoms with Crippen molar-refractivity contribution in [3.63, 3.8) is 0 Å². The number of nitrogens with one attached hydrogen (secondary N) is 1. The molecule has 0 heterocycles. The third-order valence-electron chi connectivity index (χ3n) is 2.83. The van der Waals surface area contributed by atoms with E-state index in [2.05, 4.69) is 37.2 Å². The highest BCUT2D eigenvalue weighted by Crippen LogP contribution is 2.29. The number of hydrogen-bond donors (Lipinski definition) is 1. The van der Waals surface area contributed by atoms with E-state index in [1.165, 1.54) is 12.1 Å². The number of halogens is 3. The molecule has 0 radical (unpaired) electrons. The first-order valence-electron chi connectivity index (χ1n) is 5.99. The highest BCUT2D eigenvalue weighted by Gasteiger charge is 2.15. The summed E-state index contributed by atoms with van der Waals surface area (Å²) >= 11 is 6.58. The van der Waals surface area contributed by atoms with Gasteiger partial charge in [0.1, 0.15) is 5.82 Å². The Hall–Kier alpha value is -1.20. The van der Waals surface area contributed by atoms with Crippen LogP contribution in [0.5, 0.6) is 0 Å². The number of carbonyl (C=O) groups excluding carboxylic acids is 1. The molecule has 0 aliphatic rings. The van der Waals surface area contributed by atoms with Crippen molar-refractivity contribution in [2.45, 2.75) is 11.8 Å². The van der Waals surface area contributed by atoms with Crippen LogP contribution in [0.1, 0.15) is 27.7 Å². The highest BCUT2D eigenvalue weighted by molar-refractivity contribution is 9.10. The zero-order chi connectivity index (χ0) is 14.7. The van der Waals surface area contributed by atoms with Gasteiger partial charge in [-0.25, -0.2) is 4.39 Å². The molecule has 0 spiro atoms. The third-order valence-corrected chi connectivity index (χ3v) is 4.13. The van der Waals surface area contributed by atoms with Gasteiger partial charge in [0.15, 0.2) is 0 Å². The maximum absolute atomic E-state index is 13.5. The number of benzene rings is 2. The van der Waals surface area contributed by atoms with Crippen LogP contribution in [-0.2, 0) is 0 Å². The second-order valence-corrected chi connectivity index (χ2v) is 6.43. The Morgan fingerprint density at radius 3 is 2.60 bits per heavy atom. The lowest BCUT2D eigenvalue weighted by atomic mass is 10.1. The Kier molecular flexibility index (Phi) is 4.94. The molecule has 2 nitrogen and oxygen atoms in total. The number of amides is 1. The van der Waals surface area contributed by atoms with Gasteiger partial charge < -0.3 is 5.32 Å². The first kappa shape index (κ1) is 15.2. The molecule has 2 aromatic rings. The summed E-state index contributed by atoms with van der Waals surface area (Å²) in [5, 5.41) is 2.81. The van der Waals surface area contributed by atoms with Crippen molar-refractivity contribution in [2.75, 3.05) is 5.32 Å². The molecular formula is C15H12Br2FNO. The van der Waals surface area contributed by atoms with Crippen LogP contribution in [0.4, 0.5) is 10.1 Å². The van der Waals surface area contributed by atoms with E-state index in [0.29, 0.717) is 5.69 Å². The van der Waals surface area contributed by atoms with E-state index >= 15 is 0 Å². The smallest absolute Gasteiger partial charge is 0.256 e. The fourth-order valence-electron chi connectivity index (χ4n) is 1.83. The van der Waals surface area contributed by atoms with Crippen molar-refractivity contribution in [1.29, 1.82) is 0 Å². The average molecular weight is 401 g/mol. The van der Waals surface area contributed by atoms with Crippen LogP contribution in [-0.4, -0.2) is 5.91 Å². The van der Waals surface area contributed by atoms with Crippen molar-refractivity contribution in [2.24, 2.45) is 0 Å². The van der Waals surface area contributed by atoms with Gasteiger partial charge in [-0.3, -0.25) is 4.79 Å². The highest BCUT2D eigenvalue weighted by atomic mass is 79.9. The van der Waals surface area contributed by atoms with Gasteiger partial charge in [0.05, 0.1) is 10.0 Å². The molecule has 1 unspecified atom stereocenters. The van der Waals surface area contributed by atoms with E-state index < -0.39 is 5.82 Å². The van der Waals surface area contributed by atoms with Crippen LogP contribution in [0.25, 0.3) is 0 Å². The van der Waals surface area contributed by atoms with Crippen molar-refractivity contribution in [1.82, 2.24) is 0 Å². The third kappa shape index (κ3) is 3.27. The molecule has 0 saturated heterocycles. The van der Waals surface area contributed by atoms with Gasteiger partial charge in [0.25, 0.3) is 5.91 Å². The molecule has 2 rings (SSSR count). The SMILES string of the molecule is CC(Br)c1ccccc1NC(=O)c1cccc(F)c1Br. The number of carbonyl (C=O) groups is 1. The number of rotatable bonds is 3. The van der Waals surface area contributed by atoms with Crippen molar-refractivity contribution in [3.8, 4) is 0 Å². The van der Waals surface area contributed by atoms with Gasteiger partial charge in [0.2, 0.25) is 0 Å². The Bertz CT molecular complexity index is 644. The summed E-state index contributed by atoms with van der Waals surface area (Å²) in [6.45, 7) is 1.98. The summed E-state index contributed by atoms with van der Waals surface area (Å²) in [5.74, 6) is -0.809. The van der Waals surface area contributed by atoms with E-state index in [0.717, 1.165) is 5.56 Å². The lowest BCUT2D eigenvalue weighted by Gasteiger charge is -2.13. The van der Waals surface area contributed by atoms with E-state index in [4.69, 9.17) is 0 Å². The van der Waals surface area contributed by atoms with Gasteiger partial charge in [0, 0.05) is 10.5 Å². The van der Waals surface area contributed by atoms with Crippen LogP contribution in [0.15, 0.2) is 46.9 Å². The average Bonchev–Trinajstić information content (AvgIpc) is 2.42. The minimum atomic E-state index is -0.459. The molecule has 1 amide bonds. The summed E-state index contributed by atoms with van der Waals surface area (Å²) in [4.78, 5) is 12.3. The predicted octanol–water partition coefficient (Wildman–Crippen LogP) is 5.30. The molecule has 0 aliphatic carbocycles. The summed E-state index contributed by atoms with van der Waals surface area (Å²) < 4.78 is 13.6. The quantitative estimate of drug-likeness (QED) is 0.696. The molecule has 0 saturated carbocycles. The monoisotopic (exact) mass is 399 g/mol. The van der Waals surface area contributed by atoms with Gasteiger partial charge in [-0.15, -0.1) is 0 Å². The van der Waals surface area contributed by atoms with Crippen molar-refractivity contribution < 1.29 is 9.18 Å². The number of para-hydroxylation sites is 1. The van der Waals surface area contributed by atoms with Crippen LogP contribution >= 0.6 is 31.9 Å². The second kappa shape index (κ2) is 6.50. The van der Waals surface area contributed by atoms with E-state index in [1.807, 2.05) is 31.2 Å².